The van der Waals surface area contributed by atoms with Crippen molar-refractivity contribution in [3.63, 3.8) is 0 Å². The lowest BCUT2D eigenvalue weighted by Crippen LogP contribution is -2.29. The van der Waals surface area contributed by atoms with Gasteiger partial charge >= 0.3 is 0 Å². The number of hydrogen-bond donors (Lipinski definition) is 1. The fourth-order valence-electron chi connectivity index (χ4n) is 3.22. The molecule has 1 aliphatic rings. The number of halogens is 1. The van der Waals surface area contributed by atoms with Crippen LogP contribution in [0, 0.1) is 5.82 Å². The van der Waals surface area contributed by atoms with E-state index in [1.807, 2.05) is 24.7 Å². The van der Waals surface area contributed by atoms with Crippen molar-refractivity contribution in [3.05, 3.63) is 53.9 Å². The Hall–Kier alpha value is -1.68. The summed E-state index contributed by atoms with van der Waals surface area (Å²) in [6, 6.07) is 7.09. The van der Waals surface area contributed by atoms with E-state index in [9.17, 15) is 4.39 Å². The van der Waals surface area contributed by atoms with Gasteiger partial charge < -0.3 is 9.88 Å². The minimum Gasteiger partial charge on any atom is -0.331 e. The van der Waals surface area contributed by atoms with Crippen molar-refractivity contribution in [3.8, 4) is 0 Å². The molecule has 1 aromatic heterocycles. The van der Waals surface area contributed by atoms with E-state index in [0.29, 0.717) is 6.04 Å². The molecule has 2 heterocycles. The molecule has 1 fully saturated rings. The van der Waals surface area contributed by atoms with E-state index < -0.39 is 0 Å². The zero-order valence-corrected chi connectivity index (χ0v) is 12.6. The normalized spacial score (nSPS) is 23.4. The maximum absolute atomic E-state index is 13.0. The number of nitrogens with zero attached hydrogens (tertiary/aromatic N) is 2. The van der Waals surface area contributed by atoms with E-state index >= 15 is 0 Å². The Morgan fingerprint density at radius 2 is 2.14 bits per heavy atom. The van der Waals surface area contributed by atoms with Crippen LogP contribution in [0.2, 0.25) is 0 Å². The maximum atomic E-state index is 13.0. The summed E-state index contributed by atoms with van der Waals surface area (Å²) in [5.41, 5.74) is 2.61. The third-order valence-electron chi connectivity index (χ3n) is 4.57. The highest BCUT2D eigenvalue weighted by atomic mass is 19.1. The molecule has 0 radical (unpaired) electrons. The average molecular weight is 287 g/mol. The molecule has 3 rings (SSSR count). The van der Waals surface area contributed by atoms with Crippen molar-refractivity contribution in [2.45, 2.75) is 38.1 Å². The number of aromatic nitrogens is 2. The highest BCUT2D eigenvalue weighted by Gasteiger charge is 2.34. The molecule has 1 saturated heterocycles. The predicted molar refractivity (Wildman–Crippen MR) is 81.9 cm³/mol. The molecule has 1 aromatic carbocycles. The lowest BCUT2D eigenvalue weighted by atomic mass is 9.86. The topological polar surface area (TPSA) is 29.9 Å². The van der Waals surface area contributed by atoms with Crippen LogP contribution in [0.1, 0.15) is 37.6 Å². The van der Waals surface area contributed by atoms with Crippen molar-refractivity contribution in [1.29, 1.82) is 0 Å². The zero-order chi connectivity index (χ0) is 14.9. The van der Waals surface area contributed by atoms with Gasteiger partial charge in [0, 0.05) is 29.9 Å². The third-order valence-corrected chi connectivity index (χ3v) is 4.57. The van der Waals surface area contributed by atoms with E-state index in [4.69, 9.17) is 0 Å². The first-order valence-electron chi connectivity index (χ1n) is 7.56. The van der Waals surface area contributed by atoms with Crippen LogP contribution in [0.25, 0.3) is 0 Å². The second-order valence-corrected chi connectivity index (χ2v) is 6.35. The fourth-order valence-corrected chi connectivity index (χ4v) is 3.22. The van der Waals surface area contributed by atoms with Crippen LogP contribution in [0.5, 0.6) is 0 Å². The summed E-state index contributed by atoms with van der Waals surface area (Å²) in [5, 5.41) is 3.44. The van der Waals surface area contributed by atoms with Gasteiger partial charge in [0.2, 0.25) is 0 Å². The van der Waals surface area contributed by atoms with Gasteiger partial charge in [0.05, 0.1) is 6.33 Å². The number of imidazole rings is 1. The lowest BCUT2D eigenvalue weighted by Gasteiger charge is -2.27. The quantitative estimate of drug-likeness (QED) is 0.936. The molecule has 0 aliphatic carbocycles. The van der Waals surface area contributed by atoms with Gasteiger partial charge in [-0.25, -0.2) is 9.37 Å². The minimum absolute atomic E-state index is 0.160. The number of benzene rings is 1. The molecule has 0 amide bonds. The first-order chi connectivity index (χ1) is 10.1. The van der Waals surface area contributed by atoms with Crippen LogP contribution < -0.4 is 5.32 Å². The van der Waals surface area contributed by atoms with E-state index in [2.05, 4.69) is 28.7 Å². The molecule has 4 heteroatoms. The molecular formula is C17H22FN3. The number of hydrogen-bond acceptors (Lipinski definition) is 2. The molecule has 112 valence electrons. The highest BCUT2D eigenvalue weighted by Crippen LogP contribution is 2.32. The molecular weight excluding hydrogens is 265 g/mol. The molecule has 0 bridgehead atoms. The second-order valence-electron chi connectivity index (χ2n) is 6.35. The van der Waals surface area contributed by atoms with Crippen molar-refractivity contribution in [2.75, 3.05) is 13.1 Å². The molecule has 0 spiro atoms. The summed E-state index contributed by atoms with van der Waals surface area (Å²) in [5.74, 6) is -0.181. The molecule has 2 unspecified atom stereocenters. The van der Waals surface area contributed by atoms with E-state index in [0.717, 1.165) is 31.5 Å². The Balaban J connectivity index is 1.80. The van der Waals surface area contributed by atoms with E-state index in [1.54, 1.807) is 0 Å². The molecule has 21 heavy (non-hydrogen) atoms. The summed E-state index contributed by atoms with van der Waals surface area (Å²) in [4.78, 5) is 4.36. The smallest absolute Gasteiger partial charge is 0.123 e. The first-order valence-corrected chi connectivity index (χ1v) is 7.56. The van der Waals surface area contributed by atoms with Crippen molar-refractivity contribution >= 4 is 0 Å². The van der Waals surface area contributed by atoms with Crippen LogP contribution in [-0.4, -0.2) is 22.6 Å². The van der Waals surface area contributed by atoms with Crippen LogP contribution in [0.4, 0.5) is 4.39 Å². The summed E-state index contributed by atoms with van der Waals surface area (Å²) < 4.78 is 15.3. The molecule has 1 N–H and O–H groups in total. The highest BCUT2D eigenvalue weighted by molar-refractivity contribution is 5.20. The largest absolute Gasteiger partial charge is 0.331 e. The van der Waals surface area contributed by atoms with Gasteiger partial charge in [-0.05, 0) is 44.0 Å². The van der Waals surface area contributed by atoms with Crippen LogP contribution in [0.15, 0.2) is 36.8 Å². The van der Waals surface area contributed by atoms with Gasteiger partial charge in [-0.2, -0.15) is 0 Å². The Bertz CT molecular complexity index is 597. The lowest BCUT2D eigenvalue weighted by molar-refractivity contribution is 0.436. The first kappa shape index (κ1) is 14.3. The third kappa shape index (κ3) is 2.86. The molecule has 1 aliphatic heterocycles. The SMILES string of the molecule is CC(Cc1ccc(F)cc1)n1cncc1C1(C)CCNC1. The fraction of sp³-hybridized carbons (Fsp3) is 0.471. The Morgan fingerprint density at radius 1 is 1.38 bits per heavy atom. The van der Waals surface area contributed by atoms with Crippen LogP contribution in [0.3, 0.4) is 0 Å². The van der Waals surface area contributed by atoms with Gasteiger partial charge in [0.15, 0.2) is 0 Å². The van der Waals surface area contributed by atoms with Gasteiger partial charge in [-0.1, -0.05) is 19.1 Å². The standard InChI is InChI=1S/C17H22FN3/c1-13(9-14-3-5-15(18)6-4-14)21-12-20-10-16(21)17(2)7-8-19-11-17/h3-6,10,12-13,19H,7-9,11H2,1-2H3. The summed E-state index contributed by atoms with van der Waals surface area (Å²) in [6.07, 6.45) is 5.94. The monoisotopic (exact) mass is 287 g/mol. The Kier molecular flexibility index (Phi) is 3.81. The van der Waals surface area contributed by atoms with E-state index in [1.165, 1.54) is 17.8 Å². The average Bonchev–Trinajstić information content (AvgIpc) is 3.10. The summed E-state index contributed by atoms with van der Waals surface area (Å²) >= 11 is 0. The summed E-state index contributed by atoms with van der Waals surface area (Å²) in [7, 11) is 0. The Labute approximate surface area is 125 Å². The summed E-state index contributed by atoms with van der Waals surface area (Å²) in [6.45, 7) is 6.56. The minimum atomic E-state index is -0.181. The van der Waals surface area contributed by atoms with Gasteiger partial charge in [0.25, 0.3) is 0 Å². The molecule has 3 nitrogen and oxygen atoms in total. The van der Waals surface area contributed by atoms with E-state index in [-0.39, 0.29) is 11.2 Å². The maximum Gasteiger partial charge on any atom is 0.123 e. The molecule has 2 atom stereocenters. The van der Waals surface area contributed by atoms with Crippen molar-refractivity contribution < 1.29 is 4.39 Å². The van der Waals surface area contributed by atoms with Gasteiger partial charge in [-0.15, -0.1) is 0 Å². The zero-order valence-electron chi connectivity index (χ0n) is 12.6. The Morgan fingerprint density at radius 3 is 2.81 bits per heavy atom. The number of nitrogens with one attached hydrogen (secondary N) is 1. The van der Waals surface area contributed by atoms with Crippen molar-refractivity contribution in [1.82, 2.24) is 14.9 Å². The molecule has 0 saturated carbocycles. The van der Waals surface area contributed by atoms with Crippen molar-refractivity contribution in [2.24, 2.45) is 0 Å². The van der Waals surface area contributed by atoms with Gasteiger partial charge in [0.1, 0.15) is 5.82 Å². The predicted octanol–water partition coefficient (Wildman–Crippen LogP) is 3.08. The van der Waals surface area contributed by atoms with Crippen LogP contribution >= 0.6 is 0 Å². The molecule has 2 aromatic rings. The van der Waals surface area contributed by atoms with Crippen LogP contribution in [-0.2, 0) is 11.8 Å². The number of rotatable bonds is 4. The van der Waals surface area contributed by atoms with Gasteiger partial charge in [-0.3, -0.25) is 0 Å². The second kappa shape index (κ2) is 5.60.